The molecule has 0 saturated carbocycles. The number of carbonyl (C=O) groups is 1. The Morgan fingerprint density at radius 1 is 1.08 bits per heavy atom. The number of aromatic amines is 1. The average molecular weight is 350 g/mol. The predicted octanol–water partition coefficient (Wildman–Crippen LogP) is 2.91. The monoisotopic (exact) mass is 350 g/mol. The van der Waals surface area contributed by atoms with Gasteiger partial charge >= 0.3 is 0 Å². The maximum Gasteiger partial charge on any atom is 0.219 e. The molecule has 1 aliphatic heterocycles. The van der Waals surface area contributed by atoms with Crippen LogP contribution < -0.4 is 9.64 Å². The number of ether oxygens (including phenoxy) is 1. The highest BCUT2D eigenvalue weighted by atomic mass is 16.5. The quantitative estimate of drug-likeness (QED) is 0.789. The molecule has 2 heterocycles. The molecular weight excluding hydrogens is 328 g/mol. The summed E-state index contributed by atoms with van der Waals surface area (Å²) in [6.45, 7) is 4.92. The van der Waals surface area contributed by atoms with Crippen LogP contribution in [0.2, 0.25) is 0 Å². The number of imidazole rings is 1. The van der Waals surface area contributed by atoms with Crippen LogP contribution in [0.3, 0.4) is 0 Å². The van der Waals surface area contributed by atoms with E-state index in [1.807, 2.05) is 23.1 Å². The fourth-order valence-corrected chi connectivity index (χ4v) is 3.36. The highest BCUT2D eigenvalue weighted by Gasteiger charge is 2.18. The summed E-state index contributed by atoms with van der Waals surface area (Å²) >= 11 is 0. The third-order valence-electron chi connectivity index (χ3n) is 4.92. The van der Waals surface area contributed by atoms with Crippen LogP contribution in [0.1, 0.15) is 6.92 Å². The maximum absolute atomic E-state index is 11.4. The topological polar surface area (TPSA) is 61.5 Å². The number of amides is 1. The SMILES string of the molecule is COc1ccc2nc(-c3ccc(N4CCN(C(C)=O)CC4)cc3)[nH]c2c1. The molecule has 2 aromatic carbocycles. The van der Waals surface area contributed by atoms with E-state index < -0.39 is 0 Å². The minimum absolute atomic E-state index is 0.154. The van der Waals surface area contributed by atoms with E-state index in [9.17, 15) is 4.79 Å². The normalized spacial score (nSPS) is 14.7. The first-order chi connectivity index (χ1) is 12.6. The summed E-state index contributed by atoms with van der Waals surface area (Å²) in [6, 6.07) is 14.2. The van der Waals surface area contributed by atoms with Gasteiger partial charge in [0.15, 0.2) is 0 Å². The van der Waals surface area contributed by atoms with Crippen LogP contribution in [0.4, 0.5) is 5.69 Å². The molecular formula is C20H22N4O2. The molecule has 6 heteroatoms. The van der Waals surface area contributed by atoms with Crippen molar-refractivity contribution in [2.75, 3.05) is 38.2 Å². The summed E-state index contributed by atoms with van der Waals surface area (Å²) in [5.74, 6) is 1.82. The van der Waals surface area contributed by atoms with Crippen LogP contribution in [0.25, 0.3) is 22.4 Å². The number of hydrogen-bond donors (Lipinski definition) is 1. The number of aromatic nitrogens is 2. The third-order valence-corrected chi connectivity index (χ3v) is 4.92. The molecule has 0 spiro atoms. The van der Waals surface area contributed by atoms with Crippen molar-refractivity contribution in [3.63, 3.8) is 0 Å². The molecule has 26 heavy (non-hydrogen) atoms. The first kappa shape index (κ1) is 16.4. The van der Waals surface area contributed by atoms with Crippen molar-refractivity contribution in [1.82, 2.24) is 14.9 Å². The van der Waals surface area contributed by atoms with Crippen molar-refractivity contribution in [2.45, 2.75) is 6.92 Å². The molecule has 1 N–H and O–H groups in total. The molecule has 1 amide bonds. The minimum Gasteiger partial charge on any atom is -0.497 e. The van der Waals surface area contributed by atoms with Gasteiger partial charge in [-0.25, -0.2) is 4.98 Å². The lowest BCUT2D eigenvalue weighted by Crippen LogP contribution is -2.48. The fraction of sp³-hybridized carbons (Fsp3) is 0.300. The lowest BCUT2D eigenvalue weighted by atomic mass is 10.1. The molecule has 1 saturated heterocycles. The van der Waals surface area contributed by atoms with Gasteiger partial charge in [0, 0.05) is 50.4 Å². The van der Waals surface area contributed by atoms with Gasteiger partial charge < -0.3 is 19.5 Å². The number of rotatable bonds is 3. The molecule has 0 atom stereocenters. The number of anilines is 1. The number of hydrogen-bond acceptors (Lipinski definition) is 4. The van der Waals surface area contributed by atoms with E-state index in [4.69, 9.17) is 4.74 Å². The van der Waals surface area contributed by atoms with Crippen molar-refractivity contribution in [2.24, 2.45) is 0 Å². The van der Waals surface area contributed by atoms with E-state index in [0.29, 0.717) is 0 Å². The van der Waals surface area contributed by atoms with Crippen LogP contribution >= 0.6 is 0 Å². The van der Waals surface area contributed by atoms with Gasteiger partial charge in [0.2, 0.25) is 5.91 Å². The zero-order chi connectivity index (χ0) is 18.1. The first-order valence-corrected chi connectivity index (χ1v) is 8.79. The van der Waals surface area contributed by atoms with Gasteiger partial charge in [0.1, 0.15) is 11.6 Å². The van der Waals surface area contributed by atoms with E-state index in [-0.39, 0.29) is 5.91 Å². The predicted molar refractivity (Wildman–Crippen MR) is 103 cm³/mol. The highest BCUT2D eigenvalue weighted by molar-refractivity contribution is 5.81. The second-order valence-electron chi connectivity index (χ2n) is 6.51. The van der Waals surface area contributed by atoms with Crippen LogP contribution in [0, 0.1) is 0 Å². The summed E-state index contributed by atoms with van der Waals surface area (Å²) in [5.41, 5.74) is 4.11. The number of piperazine rings is 1. The summed E-state index contributed by atoms with van der Waals surface area (Å²) < 4.78 is 5.26. The van der Waals surface area contributed by atoms with E-state index in [1.54, 1.807) is 14.0 Å². The van der Waals surface area contributed by atoms with Crippen LogP contribution in [0.5, 0.6) is 5.75 Å². The number of H-pyrrole nitrogens is 1. The van der Waals surface area contributed by atoms with E-state index >= 15 is 0 Å². The van der Waals surface area contributed by atoms with Crippen LogP contribution in [-0.2, 0) is 4.79 Å². The van der Waals surface area contributed by atoms with Crippen molar-refractivity contribution in [3.8, 4) is 17.1 Å². The molecule has 0 bridgehead atoms. The van der Waals surface area contributed by atoms with Gasteiger partial charge in [-0.3, -0.25) is 4.79 Å². The Balaban J connectivity index is 1.52. The Morgan fingerprint density at radius 3 is 2.46 bits per heavy atom. The smallest absolute Gasteiger partial charge is 0.219 e. The van der Waals surface area contributed by atoms with Gasteiger partial charge in [0.05, 0.1) is 18.1 Å². The van der Waals surface area contributed by atoms with E-state index in [0.717, 1.165) is 54.3 Å². The van der Waals surface area contributed by atoms with Gasteiger partial charge in [-0.05, 0) is 36.4 Å². The number of methoxy groups -OCH3 is 1. The largest absolute Gasteiger partial charge is 0.497 e. The van der Waals surface area contributed by atoms with Gasteiger partial charge in [-0.1, -0.05) is 0 Å². The number of nitrogens with one attached hydrogen (secondary N) is 1. The Labute approximate surface area is 152 Å². The van der Waals surface area contributed by atoms with E-state index in [1.165, 1.54) is 5.69 Å². The van der Waals surface area contributed by atoms with Crippen LogP contribution in [0.15, 0.2) is 42.5 Å². The molecule has 1 aromatic heterocycles. The van der Waals surface area contributed by atoms with Gasteiger partial charge in [-0.2, -0.15) is 0 Å². The number of fused-ring (bicyclic) bond motifs is 1. The molecule has 6 nitrogen and oxygen atoms in total. The van der Waals surface area contributed by atoms with Crippen molar-refractivity contribution in [3.05, 3.63) is 42.5 Å². The average Bonchev–Trinajstić information content (AvgIpc) is 3.11. The molecule has 1 fully saturated rings. The summed E-state index contributed by atoms with van der Waals surface area (Å²) in [7, 11) is 1.66. The van der Waals surface area contributed by atoms with Crippen LogP contribution in [-0.4, -0.2) is 54.1 Å². The second-order valence-corrected chi connectivity index (χ2v) is 6.51. The second kappa shape index (κ2) is 6.71. The zero-order valence-corrected chi connectivity index (χ0v) is 15.0. The standard InChI is InChI=1S/C20H22N4O2/c1-14(25)23-9-11-24(12-10-23)16-5-3-15(4-6-16)20-21-18-8-7-17(26-2)13-19(18)22-20/h3-8,13H,9-12H2,1-2H3,(H,21,22). The molecule has 1 aliphatic rings. The Hall–Kier alpha value is -3.02. The fourth-order valence-electron chi connectivity index (χ4n) is 3.36. The Kier molecular flexibility index (Phi) is 4.24. The molecule has 4 rings (SSSR count). The lowest BCUT2D eigenvalue weighted by molar-refractivity contribution is -0.129. The Morgan fingerprint density at radius 2 is 1.81 bits per heavy atom. The zero-order valence-electron chi connectivity index (χ0n) is 15.0. The summed E-state index contributed by atoms with van der Waals surface area (Å²) in [6.07, 6.45) is 0. The Bertz CT molecular complexity index is 925. The van der Waals surface area contributed by atoms with Crippen molar-refractivity contribution >= 4 is 22.6 Å². The minimum atomic E-state index is 0.154. The molecule has 0 unspecified atom stereocenters. The summed E-state index contributed by atoms with van der Waals surface area (Å²) in [4.78, 5) is 23.7. The number of benzene rings is 2. The molecule has 0 aliphatic carbocycles. The van der Waals surface area contributed by atoms with Crippen molar-refractivity contribution < 1.29 is 9.53 Å². The molecule has 0 radical (unpaired) electrons. The third kappa shape index (κ3) is 3.10. The van der Waals surface area contributed by atoms with Crippen molar-refractivity contribution in [1.29, 1.82) is 0 Å². The number of carbonyl (C=O) groups excluding carboxylic acids is 1. The lowest BCUT2D eigenvalue weighted by Gasteiger charge is -2.35. The van der Waals surface area contributed by atoms with E-state index in [2.05, 4.69) is 39.1 Å². The highest BCUT2D eigenvalue weighted by Crippen LogP contribution is 2.26. The maximum atomic E-state index is 11.4. The number of nitrogens with zero attached hydrogens (tertiary/aromatic N) is 3. The first-order valence-electron chi connectivity index (χ1n) is 8.79. The van der Waals surface area contributed by atoms with Gasteiger partial charge in [0.25, 0.3) is 0 Å². The summed E-state index contributed by atoms with van der Waals surface area (Å²) in [5, 5.41) is 0. The molecule has 3 aromatic rings. The van der Waals surface area contributed by atoms with Gasteiger partial charge in [-0.15, -0.1) is 0 Å². The molecule has 134 valence electrons.